The second-order valence-corrected chi connectivity index (χ2v) is 8.04. The molecule has 0 amide bonds. The Morgan fingerprint density at radius 1 is 0.806 bits per heavy atom. The van der Waals surface area contributed by atoms with Gasteiger partial charge in [-0.15, -0.1) is 0 Å². The van der Waals surface area contributed by atoms with Crippen molar-refractivity contribution in [3.8, 4) is 23.0 Å². The summed E-state index contributed by atoms with van der Waals surface area (Å²) in [6.45, 7) is 6.94. The Labute approximate surface area is 213 Å². The SMILES string of the molecule is CCOC(=O)C(Cc1ccc(OC/C=C(\C)c2ccc(Oc3ccc(OC)cc3)cc2)cc1)OCC. The maximum Gasteiger partial charge on any atom is 0.335 e. The van der Waals surface area contributed by atoms with Gasteiger partial charge in [0.05, 0.1) is 13.7 Å². The van der Waals surface area contributed by atoms with E-state index in [4.69, 9.17) is 23.7 Å². The Bertz CT molecular complexity index is 1100. The van der Waals surface area contributed by atoms with Crippen LogP contribution in [0, 0.1) is 0 Å². The summed E-state index contributed by atoms with van der Waals surface area (Å²) in [5.74, 6) is 2.74. The minimum atomic E-state index is -0.597. The van der Waals surface area contributed by atoms with Crippen LogP contribution in [0.3, 0.4) is 0 Å². The van der Waals surface area contributed by atoms with Gasteiger partial charge in [0.2, 0.25) is 0 Å². The van der Waals surface area contributed by atoms with Gasteiger partial charge in [0, 0.05) is 13.0 Å². The number of methoxy groups -OCH3 is 1. The molecular weight excluding hydrogens is 456 g/mol. The normalized spacial score (nSPS) is 12.1. The molecular formula is C30H34O6. The van der Waals surface area contributed by atoms with Crippen LogP contribution in [0.25, 0.3) is 5.57 Å². The quantitative estimate of drug-likeness (QED) is 0.256. The first-order chi connectivity index (χ1) is 17.5. The topological polar surface area (TPSA) is 63.2 Å². The lowest BCUT2D eigenvalue weighted by molar-refractivity contribution is -0.156. The van der Waals surface area contributed by atoms with Crippen LogP contribution in [0.4, 0.5) is 0 Å². The van der Waals surface area contributed by atoms with Gasteiger partial charge in [-0.25, -0.2) is 4.79 Å². The number of hydrogen-bond donors (Lipinski definition) is 0. The summed E-state index contributed by atoms with van der Waals surface area (Å²) in [5, 5.41) is 0. The molecule has 3 aromatic carbocycles. The molecule has 36 heavy (non-hydrogen) atoms. The molecule has 1 unspecified atom stereocenters. The van der Waals surface area contributed by atoms with E-state index in [0.29, 0.717) is 26.2 Å². The maximum absolute atomic E-state index is 12.1. The molecule has 0 heterocycles. The molecule has 1 atom stereocenters. The van der Waals surface area contributed by atoms with Gasteiger partial charge < -0.3 is 23.7 Å². The molecule has 0 aliphatic heterocycles. The largest absolute Gasteiger partial charge is 0.497 e. The molecule has 0 fully saturated rings. The average Bonchev–Trinajstić information content (AvgIpc) is 2.90. The molecule has 0 aliphatic carbocycles. The van der Waals surface area contributed by atoms with Crippen molar-refractivity contribution < 1.29 is 28.5 Å². The van der Waals surface area contributed by atoms with Crippen molar-refractivity contribution in [1.29, 1.82) is 0 Å². The first kappa shape index (κ1) is 26.8. The number of rotatable bonds is 13. The van der Waals surface area contributed by atoms with Crippen molar-refractivity contribution in [2.45, 2.75) is 33.3 Å². The molecule has 3 aromatic rings. The van der Waals surface area contributed by atoms with Gasteiger partial charge >= 0.3 is 5.97 Å². The fraction of sp³-hybridized carbons (Fsp3) is 0.300. The van der Waals surface area contributed by atoms with Crippen molar-refractivity contribution in [1.82, 2.24) is 0 Å². The zero-order valence-corrected chi connectivity index (χ0v) is 21.4. The summed E-state index contributed by atoms with van der Waals surface area (Å²) in [6.07, 6.45) is 1.91. The first-order valence-corrected chi connectivity index (χ1v) is 12.1. The standard InChI is InChI=1S/C30H34O6/c1-5-33-29(30(31)34-6-2)21-23-7-11-26(12-8-23)35-20-19-22(3)24-9-13-27(14-10-24)36-28-17-15-25(32-4)16-18-28/h7-19,29H,5-6,20-21H2,1-4H3/b22-19+. The highest BCUT2D eigenvalue weighted by molar-refractivity contribution is 5.75. The molecule has 0 saturated heterocycles. The van der Waals surface area contributed by atoms with E-state index < -0.39 is 6.10 Å². The van der Waals surface area contributed by atoms with Crippen molar-refractivity contribution in [3.63, 3.8) is 0 Å². The predicted octanol–water partition coefficient (Wildman–Crippen LogP) is 6.48. The zero-order chi connectivity index (χ0) is 25.8. The zero-order valence-electron chi connectivity index (χ0n) is 21.4. The lowest BCUT2D eigenvalue weighted by atomic mass is 10.1. The van der Waals surface area contributed by atoms with Crippen molar-refractivity contribution in [2.24, 2.45) is 0 Å². The van der Waals surface area contributed by atoms with E-state index in [2.05, 4.69) is 6.92 Å². The van der Waals surface area contributed by atoms with Crippen LogP contribution in [0.15, 0.2) is 78.9 Å². The summed E-state index contributed by atoms with van der Waals surface area (Å²) >= 11 is 0. The molecule has 0 radical (unpaired) electrons. The van der Waals surface area contributed by atoms with Crippen molar-refractivity contribution >= 4 is 11.5 Å². The molecule has 0 aromatic heterocycles. The Hall–Kier alpha value is -3.77. The average molecular weight is 491 g/mol. The van der Waals surface area contributed by atoms with Gasteiger partial charge in [-0.05, 0) is 92.1 Å². The first-order valence-electron chi connectivity index (χ1n) is 12.1. The lowest BCUT2D eigenvalue weighted by Gasteiger charge is -2.15. The molecule has 0 saturated carbocycles. The smallest absolute Gasteiger partial charge is 0.335 e. The maximum atomic E-state index is 12.1. The second-order valence-electron chi connectivity index (χ2n) is 8.04. The molecule has 3 rings (SSSR count). The Kier molecular flexibility index (Phi) is 10.4. The highest BCUT2D eigenvalue weighted by Gasteiger charge is 2.20. The molecule has 0 spiro atoms. The number of allylic oxidation sites excluding steroid dienone is 1. The third-order valence-corrected chi connectivity index (χ3v) is 5.51. The van der Waals surface area contributed by atoms with Crippen LogP contribution >= 0.6 is 0 Å². The Morgan fingerprint density at radius 2 is 1.39 bits per heavy atom. The Balaban J connectivity index is 1.50. The Morgan fingerprint density at radius 3 is 1.97 bits per heavy atom. The van der Waals surface area contributed by atoms with Crippen molar-refractivity contribution in [2.75, 3.05) is 26.9 Å². The van der Waals surface area contributed by atoms with Gasteiger partial charge in [0.1, 0.15) is 29.6 Å². The molecule has 0 bridgehead atoms. The molecule has 190 valence electrons. The number of carbonyl (C=O) groups excluding carboxylic acids is 1. The second kappa shape index (κ2) is 14.0. The van der Waals surface area contributed by atoms with Crippen LogP contribution in [-0.2, 0) is 20.7 Å². The summed E-state index contributed by atoms with van der Waals surface area (Å²) in [6, 6.07) is 23.1. The highest BCUT2D eigenvalue weighted by atomic mass is 16.6. The number of esters is 1. The predicted molar refractivity (Wildman–Crippen MR) is 141 cm³/mol. The van der Waals surface area contributed by atoms with E-state index in [1.165, 1.54) is 0 Å². The van der Waals surface area contributed by atoms with Gasteiger partial charge in [0.15, 0.2) is 6.10 Å². The fourth-order valence-electron chi connectivity index (χ4n) is 3.53. The lowest BCUT2D eigenvalue weighted by Crippen LogP contribution is -2.28. The summed E-state index contributed by atoms with van der Waals surface area (Å²) < 4.78 is 27.6. The number of ether oxygens (including phenoxy) is 5. The monoisotopic (exact) mass is 490 g/mol. The summed E-state index contributed by atoms with van der Waals surface area (Å²) in [5.41, 5.74) is 3.19. The van der Waals surface area contributed by atoms with Gasteiger partial charge in [-0.3, -0.25) is 0 Å². The molecule has 6 nitrogen and oxygen atoms in total. The summed E-state index contributed by atoms with van der Waals surface area (Å²) in [4.78, 5) is 12.1. The van der Waals surface area contributed by atoms with E-state index in [-0.39, 0.29) is 5.97 Å². The number of carbonyl (C=O) groups is 1. The fourth-order valence-corrected chi connectivity index (χ4v) is 3.53. The van der Waals surface area contributed by atoms with E-state index >= 15 is 0 Å². The van der Waals surface area contributed by atoms with Crippen LogP contribution in [-0.4, -0.2) is 39.0 Å². The van der Waals surface area contributed by atoms with Crippen LogP contribution in [0.5, 0.6) is 23.0 Å². The van der Waals surface area contributed by atoms with E-state index in [1.807, 2.05) is 85.8 Å². The minimum Gasteiger partial charge on any atom is -0.497 e. The molecule has 6 heteroatoms. The van der Waals surface area contributed by atoms with Crippen molar-refractivity contribution in [3.05, 3.63) is 90.0 Å². The highest BCUT2D eigenvalue weighted by Crippen LogP contribution is 2.25. The number of benzene rings is 3. The third-order valence-electron chi connectivity index (χ3n) is 5.51. The van der Waals surface area contributed by atoms with E-state index in [0.717, 1.165) is 39.7 Å². The van der Waals surface area contributed by atoms with Gasteiger partial charge in [0.25, 0.3) is 0 Å². The van der Waals surface area contributed by atoms with Gasteiger partial charge in [-0.1, -0.05) is 24.3 Å². The van der Waals surface area contributed by atoms with Crippen LogP contribution in [0.2, 0.25) is 0 Å². The molecule has 0 aliphatic rings. The van der Waals surface area contributed by atoms with Gasteiger partial charge in [-0.2, -0.15) is 0 Å². The minimum absolute atomic E-state index is 0.333. The third kappa shape index (κ3) is 8.17. The van der Waals surface area contributed by atoms with E-state index in [9.17, 15) is 4.79 Å². The summed E-state index contributed by atoms with van der Waals surface area (Å²) in [7, 11) is 1.64. The molecule has 0 N–H and O–H groups in total. The van der Waals surface area contributed by atoms with Crippen LogP contribution < -0.4 is 14.2 Å². The van der Waals surface area contributed by atoms with Crippen LogP contribution in [0.1, 0.15) is 31.9 Å². The number of hydrogen-bond acceptors (Lipinski definition) is 6. The van der Waals surface area contributed by atoms with E-state index in [1.54, 1.807) is 14.0 Å².